The van der Waals surface area contributed by atoms with Crippen molar-refractivity contribution in [1.29, 1.82) is 0 Å². The maximum Gasteiger partial charge on any atom is 0.294 e. The molecule has 0 aliphatic carbocycles. The van der Waals surface area contributed by atoms with Crippen molar-refractivity contribution >= 4 is 46.3 Å². The molecule has 0 bridgehead atoms. The molecular formula is C24H22N4O5S. The third-order valence-corrected chi connectivity index (χ3v) is 6.50. The lowest BCUT2D eigenvalue weighted by molar-refractivity contribution is -0.385. The summed E-state index contributed by atoms with van der Waals surface area (Å²) in [5.74, 6) is -0.815. The van der Waals surface area contributed by atoms with Gasteiger partial charge in [0.05, 0.1) is 15.4 Å². The SMILES string of the molecule is O=C(CN1C(=O)SC(=CC=Cc2ccccc2[N+](=O)[O-])C1=O)N1CCN(c2ccccc2)CC1. The van der Waals surface area contributed by atoms with Gasteiger partial charge in [0, 0.05) is 37.9 Å². The molecule has 3 amide bonds. The zero-order valence-corrected chi connectivity index (χ0v) is 19.0. The highest BCUT2D eigenvalue weighted by Gasteiger charge is 2.37. The topological polar surface area (TPSA) is 104 Å². The normalized spacial score (nSPS) is 17.8. The van der Waals surface area contributed by atoms with Crippen LogP contribution in [0.2, 0.25) is 0 Å². The van der Waals surface area contributed by atoms with Gasteiger partial charge >= 0.3 is 0 Å². The van der Waals surface area contributed by atoms with Gasteiger partial charge in [0.1, 0.15) is 6.54 Å². The van der Waals surface area contributed by atoms with Gasteiger partial charge in [-0.2, -0.15) is 0 Å². The number of hydrogen-bond donors (Lipinski definition) is 0. The van der Waals surface area contributed by atoms with E-state index in [1.54, 1.807) is 23.1 Å². The molecular weight excluding hydrogens is 456 g/mol. The van der Waals surface area contributed by atoms with Crippen molar-refractivity contribution in [2.24, 2.45) is 0 Å². The van der Waals surface area contributed by atoms with Crippen molar-refractivity contribution in [2.75, 3.05) is 37.6 Å². The van der Waals surface area contributed by atoms with Crippen LogP contribution < -0.4 is 4.90 Å². The molecule has 0 unspecified atom stereocenters. The Kier molecular flexibility index (Phi) is 7.07. The Balaban J connectivity index is 1.35. The summed E-state index contributed by atoms with van der Waals surface area (Å²) in [6.07, 6.45) is 4.43. The predicted octanol–water partition coefficient (Wildman–Crippen LogP) is 3.54. The number of allylic oxidation sites excluding steroid dienone is 2. The first-order valence-corrected chi connectivity index (χ1v) is 11.5. The molecule has 2 aliphatic rings. The quantitative estimate of drug-likeness (QED) is 0.355. The number of carbonyl (C=O) groups excluding carboxylic acids is 3. The number of nitro benzene ring substituents is 1. The van der Waals surface area contributed by atoms with E-state index in [0.717, 1.165) is 22.3 Å². The lowest BCUT2D eigenvalue weighted by Crippen LogP contribution is -2.51. The molecule has 2 aliphatic heterocycles. The van der Waals surface area contributed by atoms with Crippen molar-refractivity contribution < 1.29 is 19.3 Å². The van der Waals surface area contributed by atoms with Crippen molar-refractivity contribution in [3.8, 4) is 0 Å². The molecule has 10 heteroatoms. The number of amides is 3. The zero-order valence-electron chi connectivity index (χ0n) is 18.2. The highest BCUT2D eigenvalue weighted by Crippen LogP contribution is 2.31. The molecule has 2 aromatic carbocycles. The van der Waals surface area contributed by atoms with Crippen LogP contribution in [0.25, 0.3) is 6.08 Å². The van der Waals surface area contributed by atoms with E-state index in [-0.39, 0.29) is 23.0 Å². The second kappa shape index (κ2) is 10.3. The fourth-order valence-electron chi connectivity index (χ4n) is 3.77. The first kappa shape index (κ1) is 23.2. The number of para-hydroxylation sites is 2. The van der Waals surface area contributed by atoms with Gasteiger partial charge < -0.3 is 9.80 Å². The highest BCUT2D eigenvalue weighted by atomic mass is 32.2. The Hall–Kier alpha value is -3.92. The van der Waals surface area contributed by atoms with E-state index >= 15 is 0 Å². The average molecular weight is 479 g/mol. The number of benzene rings is 2. The molecule has 0 aromatic heterocycles. The smallest absolute Gasteiger partial charge is 0.294 e. The number of rotatable bonds is 6. The molecule has 4 rings (SSSR count). The van der Waals surface area contributed by atoms with Gasteiger partial charge in [-0.3, -0.25) is 29.4 Å². The van der Waals surface area contributed by atoms with Gasteiger partial charge in [0.2, 0.25) is 5.91 Å². The van der Waals surface area contributed by atoms with Crippen LogP contribution in [0, 0.1) is 10.1 Å². The molecule has 0 N–H and O–H groups in total. The molecule has 2 heterocycles. The highest BCUT2D eigenvalue weighted by molar-refractivity contribution is 8.18. The first-order chi connectivity index (χ1) is 16.4. The third-order valence-electron chi connectivity index (χ3n) is 5.58. The summed E-state index contributed by atoms with van der Waals surface area (Å²) in [6.45, 7) is 2.07. The lowest BCUT2D eigenvalue weighted by atomic mass is 10.1. The molecule has 0 spiro atoms. The van der Waals surface area contributed by atoms with Gasteiger partial charge in [-0.15, -0.1) is 0 Å². The van der Waals surface area contributed by atoms with Crippen LogP contribution in [0.5, 0.6) is 0 Å². The van der Waals surface area contributed by atoms with Crippen molar-refractivity contribution in [3.05, 3.63) is 87.3 Å². The molecule has 34 heavy (non-hydrogen) atoms. The number of piperazine rings is 1. The number of nitrogens with zero attached hydrogens (tertiary/aromatic N) is 4. The van der Waals surface area contributed by atoms with Crippen LogP contribution in [0.4, 0.5) is 16.2 Å². The summed E-state index contributed by atoms with van der Waals surface area (Å²) in [4.78, 5) is 53.4. The van der Waals surface area contributed by atoms with Gasteiger partial charge in [-0.25, -0.2) is 0 Å². The minimum Gasteiger partial charge on any atom is -0.368 e. The lowest BCUT2D eigenvalue weighted by Gasteiger charge is -2.36. The predicted molar refractivity (Wildman–Crippen MR) is 130 cm³/mol. The summed E-state index contributed by atoms with van der Waals surface area (Å²) >= 11 is 0.748. The van der Waals surface area contributed by atoms with Gasteiger partial charge in [0.15, 0.2) is 0 Å². The summed E-state index contributed by atoms with van der Waals surface area (Å²) in [6, 6.07) is 16.2. The third kappa shape index (κ3) is 5.18. The minimum absolute atomic E-state index is 0.0572. The van der Waals surface area contributed by atoms with Crippen molar-refractivity contribution in [2.45, 2.75) is 0 Å². The van der Waals surface area contributed by atoms with Gasteiger partial charge in [-0.05, 0) is 42.1 Å². The minimum atomic E-state index is -0.543. The van der Waals surface area contributed by atoms with E-state index in [0.29, 0.717) is 31.7 Å². The number of carbonyl (C=O) groups is 3. The summed E-state index contributed by atoms with van der Waals surface area (Å²) in [7, 11) is 0. The number of thioether (sulfide) groups is 1. The fourth-order valence-corrected chi connectivity index (χ4v) is 4.56. The maximum absolute atomic E-state index is 12.8. The Morgan fingerprint density at radius 3 is 2.38 bits per heavy atom. The van der Waals surface area contributed by atoms with Gasteiger partial charge in [0.25, 0.3) is 16.8 Å². The summed E-state index contributed by atoms with van der Waals surface area (Å²) < 4.78 is 0. The monoisotopic (exact) mass is 478 g/mol. The number of hydrogen-bond acceptors (Lipinski definition) is 7. The Bertz CT molecular complexity index is 1170. The Morgan fingerprint density at radius 1 is 1.00 bits per heavy atom. The second-order valence-corrected chi connectivity index (χ2v) is 8.66. The fraction of sp³-hybridized carbons (Fsp3) is 0.208. The summed E-state index contributed by atoms with van der Waals surface area (Å²) in [5.41, 5.74) is 1.42. The van der Waals surface area contributed by atoms with Crippen LogP contribution in [0.1, 0.15) is 5.56 Å². The van der Waals surface area contributed by atoms with Crippen molar-refractivity contribution in [1.82, 2.24) is 9.80 Å². The zero-order chi connectivity index (χ0) is 24.1. The van der Waals surface area contributed by atoms with Crippen LogP contribution in [-0.2, 0) is 9.59 Å². The van der Waals surface area contributed by atoms with Crippen LogP contribution >= 0.6 is 11.8 Å². The largest absolute Gasteiger partial charge is 0.368 e. The molecule has 0 radical (unpaired) electrons. The van der Waals surface area contributed by atoms with Crippen molar-refractivity contribution in [3.63, 3.8) is 0 Å². The number of nitro groups is 1. The maximum atomic E-state index is 12.8. The summed E-state index contributed by atoms with van der Waals surface area (Å²) in [5, 5.41) is 10.6. The molecule has 9 nitrogen and oxygen atoms in total. The molecule has 0 saturated carbocycles. The van der Waals surface area contributed by atoms with E-state index < -0.39 is 16.1 Å². The number of imide groups is 1. The van der Waals surface area contributed by atoms with Crippen LogP contribution in [0.15, 0.2) is 71.7 Å². The first-order valence-electron chi connectivity index (χ1n) is 10.7. The Morgan fingerprint density at radius 2 is 1.68 bits per heavy atom. The number of anilines is 1. The molecule has 2 saturated heterocycles. The van der Waals surface area contributed by atoms with E-state index in [9.17, 15) is 24.5 Å². The van der Waals surface area contributed by atoms with Crippen LogP contribution in [0.3, 0.4) is 0 Å². The standard InChI is InChI=1S/C24H22N4O5S/c29-22(26-15-13-25(14-16-26)19-9-2-1-3-10-19)17-27-23(30)21(34-24(27)31)12-6-8-18-7-4-5-11-20(18)28(32)33/h1-12H,13-17H2. The van der Waals surface area contributed by atoms with E-state index in [2.05, 4.69) is 4.90 Å². The van der Waals surface area contributed by atoms with Gasteiger partial charge in [-0.1, -0.05) is 36.4 Å². The second-order valence-electron chi connectivity index (χ2n) is 7.67. The molecule has 2 fully saturated rings. The van der Waals surface area contributed by atoms with E-state index in [1.165, 1.54) is 24.3 Å². The van der Waals surface area contributed by atoms with E-state index in [4.69, 9.17) is 0 Å². The molecule has 2 aromatic rings. The van der Waals surface area contributed by atoms with Crippen LogP contribution in [-0.4, -0.2) is 64.5 Å². The Labute approximate surface area is 200 Å². The molecule has 0 atom stereocenters. The van der Waals surface area contributed by atoms with E-state index in [1.807, 2.05) is 30.3 Å². The molecule has 174 valence electrons. The average Bonchev–Trinajstić information content (AvgIpc) is 3.12.